The van der Waals surface area contributed by atoms with E-state index < -0.39 is 11.2 Å². The maximum absolute atomic E-state index is 10.3. The molecule has 0 amide bonds. The number of hydrogen-bond donors (Lipinski definition) is 2. The van der Waals surface area contributed by atoms with Crippen LogP contribution in [0.4, 0.5) is 0 Å². The Hall–Kier alpha value is -1.61. The van der Waals surface area contributed by atoms with Gasteiger partial charge in [0.05, 0.1) is 29.0 Å². The molecule has 1 fully saturated rings. The number of thioether (sulfide) groups is 1. The molecule has 1 aliphatic rings. The lowest BCUT2D eigenvalue weighted by atomic mass is 9.74. The molecule has 30 heavy (non-hydrogen) atoms. The van der Waals surface area contributed by atoms with Crippen LogP contribution in [0.5, 0.6) is 5.75 Å². The van der Waals surface area contributed by atoms with E-state index in [2.05, 4.69) is 16.1 Å². The smallest absolute Gasteiger partial charge is 0.213 e. The molecule has 6 nitrogen and oxygen atoms in total. The van der Waals surface area contributed by atoms with Gasteiger partial charge in [-0.25, -0.2) is 9.50 Å². The fourth-order valence-corrected chi connectivity index (χ4v) is 6.19. The summed E-state index contributed by atoms with van der Waals surface area (Å²) in [4.78, 5) is 6.52. The Bertz CT molecular complexity index is 1070. The molecule has 162 valence electrons. The van der Waals surface area contributed by atoms with E-state index in [4.69, 9.17) is 4.74 Å². The minimum atomic E-state index is -1.00. The van der Waals surface area contributed by atoms with Crippen molar-refractivity contribution in [2.24, 2.45) is 5.92 Å². The number of rotatable bonds is 6. The van der Waals surface area contributed by atoms with Gasteiger partial charge in [0, 0.05) is 10.8 Å². The first kappa shape index (κ1) is 21.6. The number of nitrogens with zero attached hydrogens (tertiary/aromatic N) is 3. The Morgan fingerprint density at radius 2 is 1.90 bits per heavy atom. The molecule has 2 aromatic heterocycles. The third-order valence-electron chi connectivity index (χ3n) is 5.73. The van der Waals surface area contributed by atoms with Crippen LogP contribution in [0.3, 0.4) is 0 Å². The number of aliphatic hydroxyl groups is 2. The quantitative estimate of drug-likeness (QED) is 0.573. The number of methoxy groups -OCH3 is 1. The lowest BCUT2D eigenvalue weighted by Crippen LogP contribution is -2.41. The first-order valence-electron chi connectivity index (χ1n) is 10.1. The molecule has 0 unspecified atom stereocenters. The topological polar surface area (TPSA) is 79.9 Å². The van der Waals surface area contributed by atoms with Crippen LogP contribution in [0, 0.1) is 12.8 Å². The second-order valence-electron chi connectivity index (χ2n) is 9.13. The highest BCUT2D eigenvalue weighted by atomic mass is 32.2. The zero-order chi connectivity index (χ0) is 21.8. The lowest BCUT2D eigenvalue weighted by Gasteiger charge is -2.42. The van der Waals surface area contributed by atoms with Crippen LogP contribution in [0.15, 0.2) is 23.1 Å². The molecule has 0 spiro atoms. The SMILES string of the molecule is COc1ccc(-c2c(C)nc3sc(C(C)(C)O)nn23)cc1SC1CC(C(C)(C)O)C1. The summed E-state index contributed by atoms with van der Waals surface area (Å²) in [5.74, 6) is 1.19. The molecular formula is C22H29N3O3S2. The second-order valence-corrected chi connectivity index (χ2v) is 11.4. The van der Waals surface area contributed by atoms with E-state index in [1.54, 1.807) is 21.0 Å². The molecule has 2 heterocycles. The Labute approximate surface area is 185 Å². The van der Waals surface area contributed by atoms with E-state index in [-0.39, 0.29) is 0 Å². The summed E-state index contributed by atoms with van der Waals surface area (Å²) in [7, 11) is 1.69. The average molecular weight is 448 g/mol. The van der Waals surface area contributed by atoms with Crippen molar-refractivity contribution in [1.29, 1.82) is 0 Å². The van der Waals surface area contributed by atoms with E-state index in [1.165, 1.54) is 11.3 Å². The van der Waals surface area contributed by atoms with Gasteiger partial charge in [-0.2, -0.15) is 5.10 Å². The molecule has 0 radical (unpaired) electrons. The maximum Gasteiger partial charge on any atom is 0.213 e. The Kier molecular flexibility index (Phi) is 5.41. The van der Waals surface area contributed by atoms with Crippen molar-refractivity contribution >= 4 is 28.1 Å². The highest BCUT2D eigenvalue weighted by Crippen LogP contribution is 2.48. The van der Waals surface area contributed by atoms with Gasteiger partial charge in [0.2, 0.25) is 4.96 Å². The molecule has 1 aromatic carbocycles. The van der Waals surface area contributed by atoms with Gasteiger partial charge in [0.1, 0.15) is 16.4 Å². The fourth-order valence-electron chi connectivity index (χ4n) is 3.76. The number of benzene rings is 1. The Balaban J connectivity index is 1.67. The molecule has 4 rings (SSSR count). The Morgan fingerprint density at radius 3 is 2.50 bits per heavy atom. The first-order valence-corrected chi connectivity index (χ1v) is 11.8. The van der Waals surface area contributed by atoms with Crippen LogP contribution in [-0.4, -0.2) is 42.8 Å². The van der Waals surface area contributed by atoms with Crippen LogP contribution in [0.1, 0.15) is 51.2 Å². The Morgan fingerprint density at radius 1 is 1.20 bits per heavy atom. The number of hydrogen-bond acceptors (Lipinski definition) is 7. The van der Waals surface area contributed by atoms with Crippen molar-refractivity contribution in [3.63, 3.8) is 0 Å². The number of fused-ring (bicyclic) bond motifs is 1. The van der Waals surface area contributed by atoms with Crippen molar-refractivity contribution in [3.8, 4) is 17.0 Å². The highest BCUT2D eigenvalue weighted by Gasteiger charge is 2.39. The summed E-state index contributed by atoms with van der Waals surface area (Å²) < 4.78 is 7.44. The zero-order valence-corrected chi connectivity index (χ0v) is 19.9. The average Bonchev–Trinajstić information content (AvgIpc) is 3.13. The largest absolute Gasteiger partial charge is 0.496 e. The zero-order valence-electron chi connectivity index (χ0n) is 18.3. The maximum atomic E-state index is 10.3. The minimum Gasteiger partial charge on any atom is -0.496 e. The summed E-state index contributed by atoms with van der Waals surface area (Å²) in [5, 5.41) is 26.3. The standard InChI is InChI=1S/C22H29N3O3S2/c1-12-18(25-20(23-12)30-19(24-25)22(4,5)27)13-7-8-16(28-6)17(9-13)29-15-10-14(11-15)21(2,3)26/h7-9,14-15,26-27H,10-11H2,1-6H3. The van der Waals surface area contributed by atoms with Crippen LogP contribution >= 0.6 is 23.1 Å². The summed E-state index contributed by atoms with van der Waals surface area (Å²) in [6, 6.07) is 6.16. The number of imidazole rings is 1. The molecule has 0 saturated heterocycles. The third-order valence-corrected chi connectivity index (χ3v) is 8.24. The van der Waals surface area contributed by atoms with Gasteiger partial charge in [0.15, 0.2) is 0 Å². The van der Waals surface area contributed by atoms with Gasteiger partial charge in [-0.1, -0.05) is 11.3 Å². The van der Waals surface area contributed by atoms with Gasteiger partial charge in [0.25, 0.3) is 0 Å². The van der Waals surface area contributed by atoms with Crippen molar-refractivity contribution < 1.29 is 14.9 Å². The van der Waals surface area contributed by atoms with E-state index in [0.29, 0.717) is 16.2 Å². The van der Waals surface area contributed by atoms with Crippen molar-refractivity contribution in [2.45, 2.75) is 68.8 Å². The van der Waals surface area contributed by atoms with Crippen molar-refractivity contribution in [3.05, 3.63) is 28.9 Å². The second kappa shape index (κ2) is 7.51. The molecule has 0 aliphatic heterocycles. The van der Waals surface area contributed by atoms with Gasteiger partial charge in [-0.3, -0.25) is 0 Å². The van der Waals surface area contributed by atoms with Gasteiger partial charge in [-0.05, 0) is 71.6 Å². The number of ether oxygens (including phenoxy) is 1. The fraction of sp³-hybridized carbons (Fsp3) is 0.545. The van der Waals surface area contributed by atoms with E-state index >= 15 is 0 Å². The molecule has 2 N–H and O–H groups in total. The van der Waals surface area contributed by atoms with Crippen LogP contribution < -0.4 is 4.74 Å². The van der Waals surface area contributed by atoms with Crippen LogP contribution in [0.25, 0.3) is 16.2 Å². The summed E-state index contributed by atoms with van der Waals surface area (Å²) in [6.45, 7) is 9.24. The van der Waals surface area contributed by atoms with E-state index in [9.17, 15) is 10.2 Å². The summed E-state index contributed by atoms with van der Waals surface area (Å²) >= 11 is 3.22. The predicted molar refractivity (Wildman–Crippen MR) is 122 cm³/mol. The third kappa shape index (κ3) is 3.98. The summed E-state index contributed by atoms with van der Waals surface area (Å²) in [6.07, 6.45) is 2.00. The molecule has 1 saturated carbocycles. The molecule has 1 aliphatic carbocycles. The molecule has 0 atom stereocenters. The molecule has 3 aromatic rings. The molecule has 8 heteroatoms. The lowest BCUT2D eigenvalue weighted by molar-refractivity contribution is -0.0154. The highest BCUT2D eigenvalue weighted by molar-refractivity contribution is 8.00. The van der Waals surface area contributed by atoms with Gasteiger partial charge >= 0.3 is 0 Å². The first-order chi connectivity index (χ1) is 14.0. The van der Waals surface area contributed by atoms with Crippen molar-refractivity contribution in [2.75, 3.05) is 7.11 Å². The minimum absolute atomic E-state index is 0.344. The van der Waals surface area contributed by atoms with Crippen LogP contribution in [0.2, 0.25) is 0 Å². The van der Waals surface area contributed by atoms with E-state index in [0.717, 1.165) is 45.4 Å². The van der Waals surface area contributed by atoms with Crippen LogP contribution in [-0.2, 0) is 5.60 Å². The molecule has 0 bridgehead atoms. The number of aromatic nitrogens is 3. The van der Waals surface area contributed by atoms with Gasteiger partial charge < -0.3 is 14.9 Å². The number of aryl methyl sites for hydroxylation is 1. The van der Waals surface area contributed by atoms with Crippen molar-refractivity contribution in [1.82, 2.24) is 14.6 Å². The van der Waals surface area contributed by atoms with E-state index in [1.807, 2.05) is 49.2 Å². The predicted octanol–water partition coefficient (Wildman–Crippen LogP) is 4.64. The monoisotopic (exact) mass is 447 g/mol. The molecular weight excluding hydrogens is 418 g/mol. The summed E-state index contributed by atoms with van der Waals surface area (Å²) in [5.41, 5.74) is 1.24. The normalized spacial score (nSPS) is 19.9. The van der Waals surface area contributed by atoms with Gasteiger partial charge in [-0.15, -0.1) is 11.8 Å².